The maximum atomic E-state index is 2.45. The van der Waals surface area contributed by atoms with E-state index in [0.717, 1.165) is 19.3 Å². The maximum absolute atomic E-state index is 2.45. The van der Waals surface area contributed by atoms with Crippen LogP contribution < -0.4 is 22.8 Å². The Morgan fingerprint density at radius 2 is 0.669 bits per heavy atom. The van der Waals surface area contributed by atoms with Gasteiger partial charge < -0.3 is 0 Å². The lowest BCUT2D eigenvalue weighted by atomic mass is 9.67. The van der Waals surface area contributed by atoms with Crippen molar-refractivity contribution in [2.45, 2.75) is 243 Å². The quantitative estimate of drug-likeness (QED) is 0.135. The molecule has 5 heteroatoms. The third-order valence-electron chi connectivity index (χ3n) is 26.9. The van der Waals surface area contributed by atoms with E-state index in [1.54, 1.807) is 0 Å². The zero-order chi connectivity index (χ0) is 90.4. The summed E-state index contributed by atoms with van der Waals surface area (Å²) >= 11 is 0. The zero-order valence-electron chi connectivity index (χ0n) is 82.1. The molecule has 640 valence electrons. The summed E-state index contributed by atoms with van der Waals surface area (Å²) in [5.74, 6) is 1.08. The van der Waals surface area contributed by atoms with Crippen LogP contribution in [0.3, 0.4) is 0 Å². The molecule has 0 fully saturated rings. The SMILES string of the molecule is Cc1cc(C)c(C)c(-c2c3ccc(CC(C)(C)C)cc3c(C)c[n+]2C)c1.Cc1ccc(C)c(-c2c3ccc(CC(C)(C)C)cc3c(C)c[n+]2C)c1.Cc1ccc2c(c1C)-c1c3c(cc(C(C)C)cc3cc[n+]1C)C2(C)C.Cc1cccc2c1-c1c3c(cc(C(C)C)cc3cc[n+]1C)C2(C)C.Cc1ccccc1-c1c2ccc(CC(C)(C)C)cc2c(C)c[n+]1C. The van der Waals surface area contributed by atoms with Crippen LogP contribution in [-0.2, 0) is 65.3 Å². The van der Waals surface area contributed by atoms with Gasteiger partial charge in [0.1, 0.15) is 35.2 Å². The van der Waals surface area contributed by atoms with Gasteiger partial charge in [0.15, 0.2) is 31.0 Å². The largest absolute Gasteiger partial charge is 0.221 e. The number of hydrogen-bond donors (Lipinski definition) is 0. The highest BCUT2D eigenvalue weighted by molar-refractivity contribution is 6.04. The number of pyridine rings is 5. The second-order valence-electron chi connectivity index (χ2n) is 42.7. The summed E-state index contributed by atoms with van der Waals surface area (Å²) in [6, 6.07) is 66.6. The van der Waals surface area contributed by atoms with E-state index in [4.69, 9.17) is 0 Å². The fraction of sp³-hybridized carbons (Fsp3) is 0.370. The number of rotatable bonds is 8. The van der Waals surface area contributed by atoms with Gasteiger partial charge in [0.05, 0.1) is 43.6 Å². The number of benzene rings is 10. The van der Waals surface area contributed by atoms with Crippen LogP contribution in [0.5, 0.6) is 0 Å². The highest BCUT2D eigenvalue weighted by atomic mass is 14.9. The van der Waals surface area contributed by atoms with Gasteiger partial charge >= 0.3 is 0 Å². The second-order valence-corrected chi connectivity index (χ2v) is 42.7. The molecule has 0 saturated carbocycles. The smallest absolute Gasteiger partial charge is 0.200 e. The molecule has 0 spiro atoms. The number of nitrogens with zero attached hydrogens (tertiary/aromatic N) is 5. The highest BCUT2D eigenvalue weighted by Crippen LogP contribution is 2.52. The Morgan fingerprint density at radius 3 is 1.10 bits per heavy atom. The van der Waals surface area contributed by atoms with Crippen LogP contribution in [0.15, 0.2) is 207 Å². The van der Waals surface area contributed by atoms with E-state index in [-0.39, 0.29) is 10.8 Å². The zero-order valence-corrected chi connectivity index (χ0v) is 82.1. The van der Waals surface area contributed by atoms with Crippen LogP contribution in [-0.4, -0.2) is 0 Å². The van der Waals surface area contributed by atoms with Gasteiger partial charge in [-0.2, -0.15) is 0 Å². The van der Waals surface area contributed by atoms with Crippen LogP contribution in [0, 0.1) is 99.3 Å². The Bertz CT molecular complexity index is 6700. The van der Waals surface area contributed by atoms with Gasteiger partial charge in [-0.05, 0) is 283 Å². The van der Waals surface area contributed by atoms with E-state index in [9.17, 15) is 0 Å². The van der Waals surface area contributed by atoms with Crippen LogP contribution in [0.1, 0.15) is 246 Å². The first-order valence-electron chi connectivity index (χ1n) is 45.7. The summed E-state index contributed by atoms with van der Waals surface area (Å²) in [6.45, 7) is 66.0. The number of aromatic nitrogens is 5. The van der Waals surface area contributed by atoms with Gasteiger partial charge in [-0.3, -0.25) is 0 Å². The summed E-state index contributed by atoms with van der Waals surface area (Å²) in [6.07, 6.45) is 14.5. The van der Waals surface area contributed by atoms with E-state index < -0.39 is 0 Å². The summed E-state index contributed by atoms with van der Waals surface area (Å²) in [5, 5.41) is 13.7. The van der Waals surface area contributed by atoms with E-state index in [1.807, 2.05) is 0 Å². The van der Waals surface area contributed by atoms with Crippen molar-refractivity contribution in [2.24, 2.45) is 51.5 Å². The molecule has 0 atom stereocenters. The number of aryl methyl sites for hydroxylation is 15. The minimum absolute atomic E-state index is 0.0122. The first-order valence-corrected chi connectivity index (χ1v) is 45.7. The standard InChI is InChI=1S/C25H32N.C24H28N.C24H30N.C23H26N.C23H28N/c1-16-11-17(2)19(4)23(12-16)24-21-10-9-20(14-25(5,6)7)13-22(21)18(3)15-26(24)8;1-14(2)18-12-17-10-11-25(7)23-21-16(4)15(3)8-9-19(21)24(5,6)20(13-18)22(17)23;1-16-8-9-17(2)22(12-16)23-20-11-10-19(14-24(4,5)6)13-21(20)18(3)15-25(23)7;1-14(2)17-12-16-10-11-24(6)22-20-15(3)8-7-9-18(20)23(4,5)19(13-17)21(16)22;1-16-9-7-8-10-19(16)22-20-12-11-18(14-23(3,4)5)13-21(20)17(2)15-24(22)6/h9-13,15H,14H2,1-8H3;8-14H,1-7H3;8-13,15H,14H2,1-7H3;7-14H,1-6H3;7-13,15H,14H2,1-6H3/q5*+1. The van der Waals surface area contributed by atoms with Gasteiger partial charge in [-0.15, -0.1) is 0 Å². The fourth-order valence-corrected chi connectivity index (χ4v) is 20.2. The normalized spacial score (nSPS) is 13.1. The first-order chi connectivity index (χ1) is 58.0. The lowest BCUT2D eigenvalue weighted by Gasteiger charge is -2.35. The predicted octanol–water partition coefficient (Wildman–Crippen LogP) is 28.6. The molecule has 2 aliphatic carbocycles. The van der Waals surface area contributed by atoms with Crippen LogP contribution in [0.2, 0.25) is 0 Å². The summed E-state index contributed by atoms with van der Waals surface area (Å²) in [7, 11) is 10.8. The Labute approximate surface area is 746 Å². The van der Waals surface area contributed by atoms with Crippen LogP contribution in [0.4, 0.5) is 0 Å². The van der Waals surface area contributed by atoms with Crippen LogP contribution >= 0.6 is 0 Å². The molecule has 5 heterocycles. The van der Waals surface area contributed by atoms with Crippen molar-refractivity contribution in [1.29, 1.82) is 0 Å². The average molecular weight is 1640 g/mol. The van der Waals surface area contributed by atoms with Gasteiger partial charge in [0, 0.05) is 50.8 Å². The Morgan fingerprint density at radius 1 is 0.282 bits per heavy atom. The monoisotopic (exact) mass is 1640 g/mol. The van der Waals surface area contributed by atoms with Gasteiger partial charge in [-0.1, -0.05) is 256 Å². The second kappa shape index (κ2) is 34.6. The molecule has 2 aliphatic rings. The third kappa shape index (κ3) is 18.2. The van der Waals surface area contributed by atoms with Crippen LogP contribution in [0.25, 0.3) is 110 Å². The minimum atomic E-state index is 0.0122. The Balaban J connectivity index is 0.000000133. The van der Waals surface area contributed by atoms with Gasteiger partial charge in [-0.25, -0.2) is 22.8 Å². The molecule has 0 aliphatic heterocycles. The molecule has 10 aromatic carbocycles. The maximum Gasteiger partial charge on any atom is 0.221 e. The molecule has 0 unspecified atom stereocenters. The molecule has 0 saturated heterocycles. The van der Waals surface area contributed by atoms with Crippen molar-refractivity contribution < 1.29 is 22.8 Å². The summed E-state index contributed by atoms with van der Waals surface area (Å²) in [5.41, 5.74) is 43.5. The molecule has 0 radical (unpaired) electrons. The molecule has 15 aromatic rings. The van der Waals surface area contributed by atoms with Gasteiger partial charge in [0.2, 0.25) is 28.5 Å². The summed E-state index contributed by atoms with van der Waals surface area (Å²) in [4.78, 5) is 0. The molecule has 5 nitrogen and oxygen atoms in total. The molecule has 0 N–H and O–H groups in total. The molecule has 5 aromatic heterocycles. The number of hydrogen-bond acceptors (Lipinski definition) is 0. The summed E-state index contributed by atoms with van der Waals surface area (Å²) < 4.78 is 11.4. The van der Waals surface area contributed by atoms with E-state index in [0.29, 0.717) is 28.1 Å². The Hall–Kier alpha value is -10.8. The van der Waals surface area contributed by atoms with Crippen molar-refractivity contribution >= 4 is 53.9 Å². The van der Waals surface area contributed by atoms with Crippen molar-refractivity contribution in [2.75, 3.05) is 0 Å². The first kappa shape index (κ1) is 91.0. The lowest BCUT2D eigenvalue weighted by Crippen LogP contribution is -2.36. The molecular weight excluding hydrogens is 1500 g/mol. The van der Waals surface area contributed by atoms with Crippen molar-refractivity contribution in [3.63, 3.8) is 0 Å². The molecule has 124 heavy (non-hydrogen) atoms. The molecule has 0 amide bonds. The van der Waals surface area contributed by atoms with E-state index in [2.05, 4.69) is 466 Å². The third-order valence-corrected chi connectivity index (χ3v) is 26.9. The van der Waals surface area contributed by atoms with Crippen molar-refractivity contribution in [3.8, 4) is 56.3 Å². The minimum Gasteiger partial charge on any atom is -0.200 e. The molecule has 17 rings (SSSR count). The van der Waals surface area contributed by atoms with Gasteiger partial charge in [0.25, 0.3) is 0 Å². The van der Waals surface area contributed by atoms with E-state index in [1.165, 1.54) is 227 Å². The Kier molecular flexibility index (Phi) is 25.4. The lowest BCUT2D eigenvalue weighted by molar-refractivity contribution is -0.659. The number of fused-ring (bicyclic) bond motifs is 7. The fourth-order valence-electron chi connectivity index (χ4n) is 20.2. The van der Waals surface area contributed by atoms with E-state index >= 15 is 0 Å². The topological polar surface area (TPSA) is 19.4 Å². The average Bonchev–Trinajstić information content (AvgIpc) is 0.707. The van der Waals surface area contributed by atoms with Crippen molar-refractivity contribution in [1.82, 2.24) is 0 Å². The highest BCUT2D eigenvalue weighted by Gasteiger charge is 2.41. The molecule has 0 bridgehead atoms. The predicted molar refractivity (Wildman–Crippen MR) is 532 cm³/mol. The molecular formula is C119H144N5+5. The van der Waals surface area contributed by atoms with Crippen molar-refractivity contribution in [3.05, 3.63) is 324 Å².